The van der Waals surface area contributed by atoms with Crippen LogP contribution < -0.4 is 10.6 Å². The Balaban J connectivity index is 1.38. The van der Waals surface area contributed by atoms with Crippen LogP contribution in [0.15, 0.2) is 39.6 Å². The number of thiazole rings is 1. The molecule has 4 rings (SSSR count). The second-order valence-corrected chi connectivity index (χ2v) is 8.80. The molecule has 3 heterocycles. The Morgan fingerprint density at radius 2 is 2.17 bits per heavy atom. The summed E-state index contributed by atoms with van der Waals surface area (Å²) in [6.07, 6.45) is 5.39. The summed E-state index contributed by atoms with van der Waals surface area (Å²) in [7, 11) is 0. The van der Waals surface area contributed by atoms with Gasteiger partial charge in [-0.05, 0) is 50.5 Å². The molecule has 2 bridgehead atoms. The van der Waals surface area contributed by atoms with E-state index in [4.69, 9.17) is 0 Å². The Morgan fingerprint density at radius 3 is 2.78 bits per heavy atom. The maximum Gasteiger partial charge on any atom is 0.251 e. The Kier molecular flexibility index (Phi) is 4.13. The fourth-order valence-electron chi connectivity index (χ4n) is 3.41. The van der Waals surface area contributed by atoms with E-state index in [0.29, 0.717) is 12.1 Å². The first-order valence-corrected chi connectivity index (χ1v) is 9.58. The first-order chi connectivity index (χ1) is 11.2. The fourth-order valence-corrected chi connectivity index (χ4v) is 5.34. The van der Waals surface area contributed by atoms with Crippen LogP contribution in [-0.2, 0) is 0 Å². The average Bonchev–Trinajstić information content (AvgIpc) is 3.25. The number of aryl methyl sites for hydroxylation is 1. The van der Waals surface area contributed by atoms with Crippen molar-refractivity contribution in [2.24, 2.45) is 0 Å². The van der Waals surface area contributed by atoms with Gasteiger partial charge in [-0.25, -0.2) is 4.98 Å². The predicted octanol–water partition coefficient (Wildman–Crippen LogP) is 3.23. The highest BCUT2D eigenvalue weighted by Crippen LogP contribution is 2.32. The van der Waals surface area contributed by atoms with Crippen molar-refractivity contribution in [1.29, 1.82) is 0 Å². The van der Waals surface area contributed by atoms with E-state index in [1.54, 1.807) is 23.1 Å². The van der Waals surface area contributed by atoms with Gasteiger partial charge in [0.05, 0.1) is 15.4 Å². The summed E-state index contributed by atoms with van der Waals surface area (Å²) in [6.45, 7) is 2.01. The van der Waals surface area contributed by atoms with E-state index in [1.165, 1.54) is 17.1 Å². The summed E-state index contributed by atoms with van der Waals surface area (Å²) in [5, 5.41) is 7.81. The lowest BCUT2D eigenvalue weighted by Gasteiger charge is -2.21. The Morgan fingerprint density at radius 1 is 1.35 bits per heavy atom. The normalized spacial score (nSPS) is 25.7. The Hall–Kier alpha value is -1.37. The molecule has 3 atom stereocenters. The average molecular weight is 345 g/mol. The van der Waals surface area contributed by atoms with Crippen LogP contribution in [0.5, 0.6) is 0 Å². The van der Waals surface area contributed by atoms with Gasteiger partial charge in [-0.2, -0.15) is 0 Å². The lowest BCUT2D eigenvalue weighted by atomic mass is 9.95. The third-order valence-corrected chi connectivity index (χ3v) is 6.57. The summed E-state index contributed by atoms with van der Waals surface area (Å²) < 4.78 is 1.17. The van der Waals surface area contributed by atoms with Crippen molar-refractivity contribution in [3.63, 3.8) is 0 Å². The molecule has 23 heavy (non-hydrogen) atoms. The SMILES string of the molecule is Cc1ncc(Sc2ccc(C(=O)NC3CC4CCC3N4)cc2)s1. The van der Waals surface area contributed by atoms with Crippen LogP contribution in [0.4, 0.5) is 0 Å². The lowest BCUT2D eigenvalue weighted by Crippen LogP contribution is -2.42. The molecule has 2 saturated heterocycles. The van der Waals surface area contributed by atoms with Gasteiger partial charge in [-0.3, -0.25) is 4.79 Å². The molecule has 2 N–H and O–H groups in total. The van der Waals surface area contributed by atoms with Crippen LogP contribution in [0.2, 0.25) is 0 Å². The number of carbonyl (C=O) groups excluding carboxylic acids is 1. The van der Waals surface area contributed by atoms with Gasteiger partial charge in [-0.15, -0.1) is 11.3 Å². The fraction of sp³-hybridized carbons (Fsp3) is 0.412. The topological polar surface area (TPSA) is 54.0 Å². The molecule has 2 fully saturated rings. The third kappa shape index (κ3) is 3.29. The molecule has 2 aliphatic heterocycles. The van der Waals surface area contributed by atoms with Crippen LogP contribution in [-0.4, -0.2) is 29.0 Å². The summed E-state index contributed by atoms with van der Waals surface area (Å²) in [5.74, 6) is 0.0366. The van der Waals surface area contributed by atoms with E-state index in [-0.39, 0.29) is 11.9 Å². The van der Waals surface area contributed by atoms with Crippen molar-refractivity contribution in [1.82, 2.24) is 15.6 Å². The van der Waals surface area contributed by atoms with Gasteiger partial charge in [0, 0.05) is 28.6 Å². The zero-order valence-electron chi connectivity index (χ0n) is 12.9. The minimum Gasteiger partial charge on any atom is -0.348 e. The van der Waals surface area contributed by atoms with E-state index in [2.05, 4.69) is 15.6 Å². The highest BCUT2D eigenvalue weighted by atomic mass is 32.2. The van der Waals surface area contributed by atoms with Crippen molar-refractivity contribution >= 4 is 29.0 Å². The molecule has 4 nitrogen and oxygen atoms in total. The molecule has 0 aliphatic carbocycles. The number of carbonyl (C=O) groups is 1. The molecule has 2 aliphatic rings. The molecule has 3 unspecified atom stereocenters. The van der Waals surface area contributed by atoms with Crippen molar-refractivity contribution in [3.05, 3.63) is 41.0 Å². The highest BCUT2D eigenvalue weighted by molar-refractivity contribution is 8.01. The second kappa shape index (κ2) is 6.26. The maximum atomic E-state index is 12.4. The number of nitrogens with zero attached hydrogens (tertiary/aromatic N) is 1. The van der Waals surface area contributed by atoms with Gasteiger partial charge in [0.15, 0.2) is 0 Å². The first kappa shape index (κ1) is 15.2. The third-order valence-electron chi connectivity index (χ3n) is 4.55. The molecular weight excluding hydrogens is 326 g/mol. The van der Waals surface area contributed by atoms with Gasteiger partial charge < -0.3 is 10.6 Å². The summed E-state index contributed by atoms with van der Waals surface area (Å²) in [6, 6.07) is 9.19. The molecular formula is C17H19N3OS2. The summed E-state index contributed by atoms with van der Waals surface area (Å²) >= 11 is 3.37. The zero-order valence-corrected chi connectivity index (χ0v) is 14.5. The van der Waals surface area contributed by atoms with Crippen molar-refractivity contribution < 1.29 is 4.79 Å². The molecule has 0 radical (unpaired) electrons. The number of fused-ring (bicyclic) bond motifs is 2. The molecule has 1 amide bonds. The molecule has 120 valence electrons. The van der Waals surface area contributed by atoms with Crippen LogP contribution in [0.1, 0.15) is 34.6 Å². The molecule has 1 aromatic heterocycles. The van der Waals surface area contributed by atoms with Gasteiger partial charge in [0.25, 0.3) is 5.91 Å². The van der Waals surface area contributed by atoms with Crippen LogP contribution in [0.3, 0.4) is 0 Å². The number of hydrogen-bond acceptors (Lipinski definition) is 5. The summed E-state index contributed by atoms with van der Waals surface area (Å²) in [4.78, 5) is 17.8. The zero-order chi connectivity index (χ0) is 15.8. The number of hydrogen-bond donors (Lipinski definition) is 2. The number of nitrogens with one attached hydrogen (secondary N) is 2. The van der Waals surface area contributed by atoms with Gasteiger partial charge in [-0.1, -0.05) is 11.8 Å². The van der Waals surface area contributed by atoms with Crippen LogP contribution in [0.25, 0.3) is 0 Å². The van der Waals surface area contributed by atoms with Crippen molar-refractivity contribution in [2.75, 3.05) is 0 Å². The van der Waals surface area contributed by atoms with E-state index in [9.17, 15) is 4.79 Å². The van der Waals surface area contributed by atoms with Crippen LogP contribution in [0, 0.1) is 6.92 Å². The molecule has 0 saturated carbocycles. The summed E-state index contributed by atoms with van der Waals surface area (Å²) in [5.41, 5.74) is 0.734. The Labute approximate surface area is 144 Å². The van der Waals surface area contributed by atoms with E-state index in [1.807, 2.05) is 37.4 Å². The predicted molar refractivity (Wildman–Crippen MR) is 93.2 cm³/mol. The van der Waals surface area contributed by atoms with Gasteiger partial charge in [0.1, 0.15) is 0 Å². The number of benzene rings is 1. The molecule has 1 aromatic carbocycles. The van der Waals surface area contributed by atoms with E-state index in [0.717, 1.165) is 21.9 Å². The van der Waals surface area contributed by atoms with E-state index >= 15 is 0 Å². The molecule has 2 aromatic rings. The number of aromatic nitrogens is 1. The minimum absolute atomic E-state index is 0.0366. The molecule has 0 spiro atoms. The van der Waals surface area contributed by atoms with Gasteiger partial charge in [0.2, 0.25) is 0 Å². The largest absolute Gasteiger partial charge is 0.348 e. The number of amides is 1. The van der Waals surface area contributed by atoms with Crippen molar-refractivity contribution in [2.45, 2.75) is 53.4 Å². The first-order valence-electron chi connectivity index (χ1n) is 7.94. The van der Waals surface area contributed by atoms with Crippen LogP contribution >= 0.6 is 23.1 Å². The lowest BCUT2D eigenvalue weighted by molar-refractivity contribution is 0.0931. The quantitative estimate of drug-likeness (QED) is 0.893. The van der Waals surface area contributed by atoms with Crippen molar-refractivity contribution in [3.8, 4) is 0 Å². The smallest absolute Gasteiger partial charge is 0.251 e. The highest BCUT2D eigenvalue weighted by Gasteiger charge is 2.39. The number of rotatable bonds is 4. The van der Waals surface area contributed by atoms with Gasteiger partial charge >= 0.3 is 0 Å². The standard InChI is InChI=1S/C17H19N3OS2/c1-10-18-9-16(22-10)23-13-5-2-11(3-6-13)17(21)20-15-8-12-4-7-14(15)19-12/h2-3,5-6,9,12,14-15,19H,4,7-8H2,1H3,(H,20,21). The van der Waals surface area contributed by atoms with E-state index < -0.39 is 0 Å². The second-order valence-electron chi connectivity index (χ2n) is 6.19. The molecule has 6 heteroatoms. The Bertz CT molecular complexity index is 713. The monoisotopic (exact) mass is 345 g/mol. The minimum atomic E-state index is 0.0366. The maximum absolute atomic E-state index is 12.4.